The molecule has 0 spiro atoms. The molecule has 0 saturated carbocycles. The first-order valence-corrected chi connectivity index (χ1v) is 6.06. The van der Waals surface area contributed by atoms with Gasteiger partial charge in [0, 0.05) is 18.2 Å². The summed E-state index contributed by atoms with van der Waals surface area (Å²) in [7, 11) is 0. The Morgan fingerprint density at radius 3 is 2.67 bits per heavy atom. The van der Waals surface area contributed by atoms with Gasteiger partial charge in [0.05, 0.1) is 17.0 Å². The van der Waals surface area contributed by atoms with Crippen LogP contribution in [0.5, 0.6) is 0 Å². The number of nitrogens with one attached hydrogen (secondary N) is 2. The van der Waals surface area contributed by atoms with E-state index < -0.39 is 28.8 Å². The number of hydrogen-bond donors (Lipinski definition) is 3. The van der Waals surface area contributed by atoms with Gasteiger partial charge >= 0.3 is 12.0 Å². The fourth-order valence-electron chi connectivity index (χ4n) is 1.57. The maximum Gasteiger partial charge on any atom is 0.319 e. The number of halogens is 1. The molecular formula is C12H14FN3O5. The van der Waals surface area contributed by atoms with Crippen LogP contribution >= 0.6 is 0 Å². The minimum atomic E-state index is -1.08. The van der Waals surface area contributed by atoms with E-state index in [4.69, 9.17) is 5.11 Å². The van der Waals surface area contributed by atoms with Gasteiger partial charge in [-0.2, -0.15) is 0 Å². The molecule has 0 aromatic heterocycles. The first-order chi connectivity index (χ1) is 9.83. The van der Waals surface area contributed by atoms with E-state index in [-0.39, 0.29) is 17.8 Å². The van der Waals surface area contributed by atoms with Crippen LogP contribution in [0.15, 0.2) is 18.2 Å². The fraction of sp³-hybridized carbons (Fsp3) is 0.333. The van der Waals surface area contributed by atoms with Crippen LogP contribution in [0.25, 0.3) is 0 Å². The molecule has 1 aromatic carbocycles. The average Bonchev–Trinajstić information content (AvgIpc) is 2.39. The number of carbonyl (C=O) groups excluding carboxylic acids is 1. The number of carboxylic acids is 1. The number of carbonyl (C=O) groups is 2. The van der Waals surface area contributed by atoms with Crippen LogP contribution in [0.2, 0.25) is 0 Å². The van der Waals surface area contributed by atoms with Crippen molar-refractivity contribution < 1.29 is 24.0 Å². The third kappa shape index (κ3) is 5.05. The Balaban J connectivity index is 2.76. The van der Waals surface area contributed by atoms with E-state index >= 15 is 0 Å². The topological polar surface area (TPSA) is 122 Å². The maximum absolute atomic E-state index is 13.5. The van der Waals surface area contributed by atoms with Crippen molar-refractivity contribution >= 4 is 23.4 Å². The zero-order valence-electron chi connectivity index (χ0n) is 11.1. The van der Waals surface area contributed by atoms with Crippen LogP contribution < -0.4 is 10.6 Å². The van der Waals surface area contributed by atoms with Gasteiger partial charge in [-0.25, -0.2) is 9.18 Å². The molecule has 0 radical (unpaired) electrons. The van der Waals surface area contributed by atoms with Crippen molar-refractivity contribution in [3.63, 3.8) is 0 Å². The molecule has 0 fully saturated rings. The van der Waals surface area contributed by atoms with Crippen LogP contribution in [0.4, 0.5) is 20.6 Å². The van der Waals surface area contributed by atoms with E-state index in [2.05, 4.69) is 10.6 Å². The zero-order chi connectivity index (χ0) is 16.0. The summed E-state index contributed by atoms with van der Waals surface area (Å²) in [5.74, 6) is -1.91. The highest BCUT2D eigenvalue weighted by Crippen LogP contribution is 2.21. The number of non-ortho nitro benzene ring substituents is 1. The summed E-state index contributed by atoms with van der Waals surface area (Å²) in [5.41, 5.74) is -0.726. The minimum absolute atomic E-state index is 0.276. The van der Waals surface area contributed by atoms with Crippen molar-refractivity contribution in [2.45, 2.75) is 25.8 Å². The summed E-state index contributed by atoms with van der Waals surface area (Å²) in [6.45, 7) is 1.68. The standard InChI is InChI=1S/C12H14FN3O5/c1-2-7(5-11(17)18)14-12(19)15-10-6-8(16(20)21)3-4-9(10)13/h3-4,6-7H,2,5H2,1H3,(H,17,18)(H2,14,15,19). The van der Waals surface area contributed by atoms with E-state index in [0.29, 0.717) is 6.42 Å². The highest BCUT2D eigenvalue weighted by atomic mass is 19.1. The summed E-state index contributed by atoms with van der Waals surface area (Å²) < 4.78 is 13.5. The summed E-state index contributed by atoms with van der Waals surface area (Å²) in [6.07, 6.45) is 0.0957. The molecule has 1 unspecified atom stereocenters. The predicted octanol–water partition coefficient (Wildman–Crippen LogP) is 2.11. The summed E-state index contributed by atoms with van der Waals surface area (Å²) in [5, 5.41) is 23.7. The second-order valence-corrected chi connectivity index (χ2v) is 4.22. The largest absolute Gasteiger partial charge is 0.481 e. The zero-order valence-corrected chi connectivity index (χ0v) is 11.1. The Kier molecular flexibility index (Phi) is 5.58. The van der Waals surface area contributed by atoms with Gasteiger partial charge in [0.25, 0.3) is 5.69 Å². The van der Waals surface area contributed by atoms with Gasteiger partial charge < -0.3 is 15.7 Å². The monoisotopic (exact) mass is 299 g/mol. The van der Waals surface area contributed by atoms with Gasteiger partial charge in [-0.3, -0.25) is 14.9 Å². The lowest BCUT2D eigenvalue weighted by molar-refractivity contribution is -0.384. The molecule has 21 heavy (non-hydrogen) atoms. The summed E-state index contributed by atoms with van der Waals surface area (Å²) in [4.78, 5) is 32.1. The molecule has 1 rings (SSSR count). The molecule has 0 aliphatic carbocycles. The number of urea groups is 1. The van der Waals surface area contributed by atoms with E-state index in [1.807, 2.05) is 0 Å². The lowest BCUT2D eigenvalue weighted by Gasteiger charge is -2.15. The van der Waals surface area contributed by atoms with Crippen LogP contribution in [-0.4, -0.2) is 28.1 Å². The molecule has 1 aromatic rings. The van der Waals surface area contributed by atoms with Gasteiger partial charge in [-0.05, 0) is 12.5 Å². The molecule has 114 valence electrons. The molecule has 0 saturated heterocycles. The quantitative estimate of drug-likeness (QED) is 0.548. The Hall–Kier alpha value is -2.71. The molecule has 0 aliphatic heterocycles. The number of carboxylic acid groups (broad SMARTS) is 1. The van der Waals surface area contributed by atoms with Crippen molar-refractivity contribution in [1.29, 1.82) is 0 Å². The van der Waals surface area contributed by atoms with Crippen LogP contribution in [0.1, 0.15) is 19.8 Å². The van der Waals surface area contributed by atoms with E-state index in [9.17, 15) is 24.1 Å². The van der Waals surface area contributed by atoms with Gasteiger partial charge in [0.2, 0.25) is 0 Å². The predicted molar refractivity (Wildman–Crippen MR) is 71.5 cm³/mol. The molecule has 1 atom stereocenters. The first kappa shape index (κ1) is 16.3. The number of nitrogens with zero attached hydrogens (tertiary/aromatic N) is 1. The third-order valence-electron chi connectivity index (χ3n) is 2.66. The number of rotatable bonds is 6. The van der Waals surface area contributed by atoms with Gasteiger partial charge in [-0.15, -0.1) is 0 Å². The molecular weight excluding hydrogens is 285 g/mol. The Morgan fingerprint density at radius 2 is 2.14 bits per heavy atom. The molecule has 9 heteroatoms. The van der Waals surface area contributed by atoms with Gasteiger partial charge in [0.15, 0.2) is 0 Å². The van der Waals surface area contributed by atoms with Crippen molar-refractivity contribution in [2.24, 2.45) is 0 Å². The van der Waals surface area contributed by atoms with Crippen LogP contribution in [-0.2, 0) is 4.79 Å². The number of benzene rings is 1. The second kappa shape index (κ2) is 7.17. The molecule has 2 amide bonds. The molecule has 8 nitrogen and oxygen atoms in total. The molecule has 0 bridgehead atoms. The van der Waals surface area contributed by atoms with Crippen molar-refractivity contribution in [2.75, 3.05) is 5.32 Å². The maximum atomic E-state index is 13.5. The fourth-order valence-corrected chi connectivity index (χ4v) is 1.57. The second-order valence-electron chi connectivity index (χ2n) is 4.22. The number of amides is 2. The number of anilines is 1. The third-order valence-corrected chi connectivity index (χ3v) is 2.66. The molecule has 0 heterocycles. The lowest BCUT2D eigenvalue weighted by atomic mass is 10.1. The normalized spacial score (nSPS) is 11.5. The minimum Gasteiger partial charge on any atom is -0.481 e. The van der Waals surface area contributed by atoms with E-state index in [0.717, 1.165) is 18.2 Å². The van der Waals surface area contributed by atoms with Crippen LogP contribution in [0.3, 0.4) is 0 Å². The first-order valence-electron chi connectivity index (χ1n) is 6.06. The molecule has 0 aliphatic rings. The Bertz CT molecular complexity index is 564. The highest BCUT2D eigenvalue weighted by molar-refractivity contribution is 5.90. The smallest absolute Gasteiger partial charge is 0.319 e. The number of aliphatic carboxylic acids is 1. The van der Waals surface area contributed by atoms with Crippen molar-refractivity contribution in [1.82, 2.24) is 5.32 Å². The van der Waals surface area contributed by atoms with E-state index in [1.54, 1.807) is 6.92 Å². The Morgan fingerprint density at radius 1 is 1.48 bits per heavy atom. The van der Waals surface area contributed by atoms with Crippen LogP contribution in [0, 0.1) is 15.9 Å². The van der Waals surface area contributed by atoms with E-state index in [1.165, 1.54) is 0 Å². The summed E-state index contributed by atoms with van der Waals surface area (Å²) >= 11 is 0. The number of nitro groups is 1. The summed E-state index contributed by atoms with van der Waals surface area (Å²) in [6, 6.07) is 1.26. The SMILES string of the molecule is CCC(CC(=O)O)NC(=O)Nc1cc([N+](=O)[O-])ccc1F. The highest BCUT2D eigenvalue weighted by Gasteiger charge is 2.16. The number of nitro benzene ring substituents is 1. The van der Waals surface area contributed by atoms with Gasteiger partial charge in [-0.1, -0.05) is 6.92 Å². The van der Waals surface area contributed by atoms with Crippen molar-refractivity contribution in [3.05, 3.63) is 34.1 Å². The average molecular weight is 299 g/mol. The Labute approximate surface area is 119 Å². The molecule has 3 N–H and O–H groups in total. The number of hydrogen-bond acceptors (Lipinski definition) is 4. The lowest BCUT2D eigenvalue weighted by Crippen LogP contribution is -2.39. The van der Waals surface area contributed by atoms with Crippen molar-refractivity contribution in [3.8, 4) is 0 Å². The van der Waals surface area contributed by atoms with Gasteiger partial charge in [0.1, 0.15) is 5.82 Å².